The summed E-state index contributed by atoms with van der Waals surface area (Å²) in [5.41, 5.74) is 1.48. The van der Waals surface area contributed by atoms with E-state index in [1.807, 2.05) is 24.3 Å². The quantitative estimate of drug-likeness (QED) is 0.554. The Hall–Kier alpha value is -2.80. The van der Waals surface area contributed by atoms with Crippen LogP contribution in [0.1, 0.15) is 14.4 Å². The Bertz CT molecular complexity index is 981. The van der Waals surface area contributed by atoms with Crippen molar-refractivity contribution < 1.29 is 17.9 Å². The predicted molar refractivity (Wildman–Crippen MR) is 115 cm³/mol. The fraction of sp³-hybridized carbons (Fsp3) is 0.348. The number of hydrogen-bond donors (Lipinski definition) is 0. The highest BCUT2D eigenvalue weighted by Gasteiger charge is 2.31. The van der Waals surface area contributed by atoms with Crippen LogP contribution >= 0.6 is 0 Å². The molecule has 0 radical (unpaired) electrons. The van der Waals surface area contributed by atoms with E-state index in [4.69, 9.17) is 4.98 Å². The van der Waals surface area contributed by atoms with E-state index in [1.165, 1.54) is 12.1 Å². The van der Waals surface area contributed by atoms with Gasteiger partial charge in [0.25, 0.3) is 0 Å². The number of likely N-dealkylation sites (N-methyl/N-ethyl adjacent to an activating group) is 1. The van der Waals surface area contributed by atoms with Crippen molar-refractivity contribution in [1.29, 1.82) is 0 Å². The van der Waals surface area contributed by atoms with Gasteiger partial charge in [-0.2, -0.15) is 0 Å². The number of piperazine rings is 1. The Morgan fingerprint density at radius 3 is 2.27 bits per heavy atom. The Balaban J connectivity index is 0.00000256. The maximum atomic E-state index is 12.4. The first-order valence-electron chi connectivity index (χ1n) is 9.66. The normalized spacial score (nSPS) is 15.1. The zero-order valence-electron chi connectivity index (χ0n) is 16.1. The van der Waals surface area contributed by atoms with Crippen molar-refractivity contribution in [2.75, 3.05) is 37.6 Å². The second-order valence-electron chi connectivity index (χ2n) is 7.05. The lowest BCUT2D eigenvalue weighted by atomic mass is 10.1. The number of anilines is 1. The summed E-state index contributed by atoms with van der Waals surface area (Å²) in [5, 5.41) is 2.14. The molecule has 0 unspecified atom stereocenters. The number of aromatic nitrogens is 1. The third-order valence-electron chi connectivity index (χ3n) is 5.22. The highest BCUT2D eigenvalue weighted by molar-refractivity contribution is 5.95. The largest absolute Gasteiger partial charge is 0.573 e. The zero-order chi connectivity index (χ0) is 20.4. The van der Waals surface area contributed by atoms with Gasteiger partial charge < -0.3 is 14.5 Å². The van der Waals surface area contributed by atoms with Gasteiger partial charge in [-0.1, -0.05) is 38.6 Å². The van der Waals surface area contributed by atoms with Crippen LogP contribution in [0.4, 0.5) is 19.0 Å². The Kier molecular flexibility index (Phi) is 6.51. The minimum absolute atomic E-state index is 0. The van der Waals surface area contributed by atoms with Gasteiger partial charge in [-0.25, -0.2) is 4.98 Å². The van der Waals surface area contributed by atoms with Crippen molar-refractivity contribution in [3.8, 4) is 17.0 Å². The first kappa shape index (κ1) is 21.9. The van der Waals surface area contributed by atoms with Gasteiger partial charge in [-0.15, -0.1) is 13.2 Å². The first-order chi connectivity index (χ1) is 13.9. The molecule has 1 aliphatic rings. The van der Waals surface area contributed by atoms with Gasteiger partial charge >= 0.3 is 6.36 Å². The molecule has 7 heteroatoms. The summed E-state index contributed by atoms with van der Waals surface area (Å²) in [6.45, 7) is 6.96. The fourth-order valence-electron chi connectivity index (χ4n) is 3.67. The van der Waals surface area contributed by atoms with Crippen molar-refractivity contribution in [3.05, 3.63) is 54.6 Å². The Labute approximate surface area is 174 Å². The summed E-state index contributed by atoms with van der Waals surface area (Å²) < 4.78 is 41.2. The third-order valence-corrected chi connectivity index (χ3v) is 5.22. The molecule has 160 valence electrons. The van der Waals surface area contributed by atoms with Gasteiger partial charge in [0.15, 0.2) is 0 Å². The molecule has 0 N–H and O–H groups in total. The molecule has 2 heterocycles. The fourth-order valence-corrected chi connectivity index (χ4v) is 3.67. The van der Waals surface area contributed by atoms with E-state index in [0.717, 1.165) is 60.6 Å². The van der Waals surface area contributed by atoms with Crippen LogP contribution in [0.25, 0.3) is 22.0 Å². The van der Waals surface area contributed by atoms with Crippen LogP contribution in [-0.4, -0.2) is 49.0 Å². The second kappa shape index (κ2) is 8.92. The summed E-state index contributed by atoms with van der Waals surface area (Å²) >= 11 is 0. The monoisotopic (exact) mass is 417 g/mol. The molecule has 0 aliphatic carbocycles. The van der Waals surface area contributed by atoms with Crippen LogP contribution in [0.5, 0.6) is 5.75 Å². The molecule has 0 spiro atoms. The molecule has 1 fully saturated rings. The molecule has 1 aromatic heterocycles. The van der Waals surface area contributed by atoms with E-state index < -0.39 is 6.36 Å². The molecule has 30 heavy (non-hydrogen) atoms. The van der Waals surface area contributed by atoms with Crippen molar-refractivity contribution in [2.24, 2.45) is 0 Å². The number of halogens is 3. The third kappa shape index (κ3) is 4.84. The van der Waals surface area contributed by atoms with E-state index >= 15 is 0 Å². The van der Waals surface area contributed by atoms with Crippen molar-refractivity contribution in [3.63, 3.8) is 0 Å². The molecule has 1 saturated heterocycles. The Morgan fingerprint density at radius 1 is 0.967 bits per heavy atom. The van der Waals surface area contributed by atoms with E-state index in [9.17, 15) is 13.2 Å². The van der Waals surface area contributed by atoms with Gasteiger partial charge in [0.05, 0.1) is 5.69 Å². The number of nitrogens with zero attached hydrogens (tertiary/aromatic N) is 3. The molecular weight excluding hydrogens is 391 g/mol. The molecule has 4 nitrogen and oxygen atoms in total. The number of benzene rings is 2. The predicted octanol–water partition coefficient (Wildman–Crippen LogP) is 5.58. The van der Waals surface area contributed by atoms with E-state index in [2.05, 4.69) is 27.5 Å². The summed E-state index contributed by atoms with van der Waals surface area (Å²) in [4.78, 5) is 9.59. The number of fused-ring (bicyclic) bond motifs is 1. The minimum atomic E-state index is -4.70. The van der Waals surface area contributed by atoms with E-state index in [1.54, 1.807) is 12.1 Å². The number of pyridine rings is 1. The molecule has 2 aromatic carbocycles. The van der Waals surface area contributed by atoms with E-state index in [-0.39, 0.29) is 13.2 Å². The molecule has 0 saturated carbocycles. The smallest absolute Gasteiger partial charge is 0.406 e. The highest BCUT2D eigenvalue weighted by atomic mass is 19.4. The van der Waals surface area contributed by atoms with Gasteiger partial charge in [0.2, 0.25) is 0 Å². The van der Waals surface area contributed by atoms with Gasteiger partial charge in [-0.05, 0) is 42.3 Å². The number of alkyl halides is 3. The van der Waals surface area contributed by atoms with E-state index in [0.29, 0.717) is 0 Å². The number of hydrogen-bond acceptors (Lipinski definition) is 4. The molecule has 3 aromatic rings. The SMILES string of the molecule is C.CCN1CCN(c2nc(-c3ccc(OC(F)(F)F)cc3)cc3ccccc23)CC1. The van der Waals surface area contributed by atoms with Crippen LogP contribution in [-0.2, 0) is 0 Å². The Morgan fingerprint density at radius 2 is 1.63 bits per heavy atom. The average Bonchev–Trinajstić information content (AvgIpc) is 2.72. The summed E-state index contributed by atoms with van der Waals surface area (Å²) in [6.07, 6.45) is -4.70. The first-order valence-corrected chi connectivity index (χ1v) is 9.66. The summed E-state index contributed by atoms with van der Waals surface area (Å²) in [5.74, 6) is 0.683. The molecule has 4 rings (SSSR count). The molecule has 1 aliphatic heterocycles. The van der Waals surface area contributed by atoms with Crippen molar-refractivity contribution in [1.82, 2.24) is 9.88 Å². The van der Waals surface area contributed by atoms with Gasteiger partial charge in [-0.3, -0.25) is 0 Å². The maximum Gasteiger partial charge on any atom is 0.573 e. The number of ether oxygens (including phenoxy) is 1. The van der Waals surface area contributed by atoms with Gasteiger partial charge in [0.1, 0.15) is 11.6 Å². The average molecular weight is 417 g/mol. The van der Waals surface area contributed by atoms with Crippen LogP contribution in [0.3, 0.4) is 0 Å². The van der Waals surface area contributed by atoms with Crippen molar-refractivity contribution in [2.45, 2.75) is 20.7 Å². The lowest BCUT2D eigenvalue weighted by Gasteiger charge is -2.35. The van der Waals surface area contributed by atoms with Crippen LogP contribution in [0.2, 0.25) is 0 Å². The highest BCUT2D eigenvalue weighted by Crippen LogP contribution is 2.32. The van der Waals surface area contributed by atoms with Crippen LogP contribution in [0, 0.1) is 0 Å². The van der Waals surface area contributed by atoms with Crippen LogP contribution < -0.4 is 9.64 Å². The summed E-state index contributed by atoms with van der Waals surface area (Å²) in [6, 6.07) is 15.9. The van der Waals surface area contributed by atoms with Crippen LogP contribution in [0.15, 0.2) is 54.6 Å². The summed E-state index contributed by atoms with van der Waals surface area (Å²) in [7, 11) is 0. The maximum absolute atomic E-state index is 12.4. The molecule has 0 amide bonds. The topological polar surface area (TPSA) is 28.6 Å². The minimum Gasteiger partial charge on any atom is -0.406 e. The lowest BCUT2D eigenvalue weighted by molar-refractivity contribution is -0.274. The zero-order valence-corrected chi connectivity index (χ0v) is 16.1. The number of rotatable bonds is 4. The molecule has 0 bridgehead atoms. The standard InChI is InChI=1S/C22H22F3N3O.CH4/c1-2-27-11-13-28(14-12-27)21-19-6-4-3-5-17(19)15-20(26-21)16-7-9-18(10-8-16)29-22(23,24)25;/h3-10,15H,2,11-14H2,1H3;1H4. The lowest BCUT2D eigenvalue weighted by Crippen LogP contribution is -2.46. The van der Waals surface area contributed by atoms with Crippen molar-refractivity contribution >= 4 is 16.6 Å². The second-order valence-corrected chi connectivity index (χ2v) is 7.05. The molecule has 0 atom stereocenters. The molecular formula is C23H26F3N3O. The van der Waals surface area contributed by atoms with Gasteiger partial charge in [0, 0.05) is 37.1 Å².